The lowest BCUT2D eigenvalue weighted by molar-refractivity contribution is 0.0900. The van der Waals surface area contributed by atoms with Crippen molar-refractivity contribution >= 4 is 26.9 Å². The van der Waals surface area contributed by atoms with E-state index in [1.807, 2.05) is 25.1 Å². The summed E-state index contributed by atoms with van der Waals surface area (Å²) in [5, 5.41) is 0.821. The number of ketones is 1. The Morgan fingerprint density at radius 2 is 2.11 bits per heavy atom. The molecule has 0 saturated carbocycles. The fraction of sp³-hybridized carbons (Fsp3) is 0.308. The van der Waals surface area contributed by atoms with Crippen molar-refractivity contribution in [2.75, 3.05) is 12.9 Å². The monoisotopic (exact) mass is 282 g/mol. The van der Waals surface area contributed by atoms with Crippen LogP contribution in [0.25, 0.3) is 11.0 Å². The summed E-state index contributed by atoms with van der Waals surface area (Å²) >= 11 is 0. The second-order valence-corrected chi connectivity index (χ2v) is 5.83. The maximum absolute atomic E-state index is 11.8. The number of aryl methyl sites for hydroxylation is 1. The normalized spacial score (nSPS) is 11.9. The van der Waals surface area contributed by atoms with Crippen molar-refractivity contribution in [2.45, 2.75) is 13.3 Å². The van der Waals surface area contributed by atoms with E-state index in [-0.39, 0.29) is 5.76 Å². The SMILES string of the molecule is CCc1cccc2cc(C(=O)COS(C)(=O)=O)oc12. The zero-order valence-corrected chi connectivity index (χ0v) is 11.5. The van der Waals surface area contributed by atoms with Crippen molar-refractivity contribution in [1.29, 1.82) is 0 Å². The van der Waals surface area contributed by atoms with Crippen molar-refractivity contribution in [3.8, 4) is 0 Å². The molecule has 1 heterocycles. The van der Waals surface area contributed by atoms with Crippen molar-refractivity contribution in [3.05, 3.63) is 35.6 Å². The second-order valence-electron chi connectivity index (χ2n) is 4.19. The molecule has 0 unspecified atom stereocenters. The van der Waals surface area contributed by atoms with E-state index in [0.29, 0.717) is 5.58 Å². The summed E-state index contributed by atoms with van der Waals surface area (Å²) in [6.45, 7) is 1.45. The highest BCUT2D eigenvalue weighted by Crippen LogP contribution is 2.23. The van der Waals surface area contributed by atoms with E-state index in [1.54, 1.807) is 6.07 Å². The Kier molecular flexibility index (Phi) is 3.73. The Morgan fingerprint density at radius 3 is 2.74 bits per heavy atom. The minimum Gasteiger partial charge on any atom is -0.453 e. The third-order valence-electron chi connectivity index (χ3n) is 2.69. The van der Waals surface area contributed by atoms with E-state index in [4.69, 9.17) is 4.42 Å². The number of para-hydroxylation sites is 1. The van der Waals surface area contributed by atoms with Gasteiger partial charge in [-0.2, -0.15) is 8.42 Å². The van der Waals surface area contributed by atoms with Gasteiger partial charge in [-0.05, 0) is 18.1 Å². The molecule has 2 aromatic rings. The molecule has 0 radical (unpaired) electrons. The molecule has 0 saturated heterocycles. The number of carbonyl (C=O) groups excluding carboxylic acids is 1. The molecule has 5 nitrogen and oxygen atoms in total. The van der Waals surface area contributed by atoms with E-state index in [1.165, 1.54) is 0 Å². The van der Waals surface area contributed by atoms with E-state index in [0.717, 1.165) is 23.6 Å². The maximum Gasteiger partial charge on any atom is 0.264 e. The van der Waals surface area contributed by atoms with Gasteiger partial charge in [0.1, 0.15) is 12.2 Å². The van der Waals surface area contributed by atoms with Crippen LogP contribution in [0.15, 0.2) is 28.7 Å². The standard InChI is InChI=1S/C13H14O5S/c1-3-9-5-4-6-10-7-12(18-13(9)10)11(14)8-17-19(2,15)16/h4-7H,3,8H2,1-2H3. The van der Waals surface area contributed by atoms with Gasteiger partial charge in [0.15, 0.2) is 5.76 Å². The van der Waals surface area contributed by atoms with Crippen molar-refractivity contribution < 1.29 is 21.8 Å². The number of fused-ring (bicyclic) bond motifs is 1. The minimum atomic E-state index is -3.63. The number of benzene rings is 1. The summed E-state index contributed by atoms with van der Waals surface area (Å²) in [6, 6.07) is 7.25. The Bertz CT molecular complexity index is 712. The Labute approximate surface area is 111 Å². The number of rotatable bonds is 5. The van der Waals surface area contributed by atoms with Gasteiger partial charge in [0.2, 0.25) is 5.78 Å². The zero-order chi connectivity index (χ0) is 14.0. The fourth-order valence-electron chi connectivity index (χ4n) is 1.77. The molecule has 6 heteroatoms. The van der Waals surface area contributed by atoms with E-state index in [9.17, 15) is 13.2 Å². The number of furan rings is 1. The van der Waals surface area contributed by atoms with Crippen LogP contribution in [-0.2, 0) is 20.7 Å². The van der Waals surface area contributed by atoms with Crippen LogP contribution in [0.1, 0.15) is 23.0 Å². The number of hydrogen-bond acceptors (Lipinski definition) is 5. The van der Waals surface area contributed by atoms with Crippen LogP contribution in [0.2, 0.25) is 0 Å². The van der Waals surface area contributed by atoms with Gasteiger partial charge >= 0.3 is 0 Å². The average molecular weight is 282 g/mol. The Hall–Kier alpha value is -1.66. The van der Waals surface area contributed by atoms with Gasteiger partial charge in [0.05, 0.1) is 6.26 Å². The highest BCUT2D eigenvalue weighted by atomic mass is 32.2. The first-order valence-electron chi connectivity index (χ1n) is 5.79. The molecule has 0 aliphatic rings. The fourth-order valence-corrected chi connectivity index (χ4v) is 2.09. The Morgan fingerprint density at radius 1 is 1.37 bits per heavy atom. The molecular formula is C13H14O5S. The van der Waals surface area contributed by atoms with Crippen LogP contribution in [0.3, 0.4) is 0 Å². The molecular weight excluding hydrogens is 268 g/mol. The van der Waals surface area contributed by atoms with Crippen LogP contribution in [-0.4, -0.2) is 27.1 Å². The molecule has 0 atom stereocenters. The molecule has 19 heavy (non-hydrogen) atoms. The lowest BCUT2D eigenvalue weighted by Gasteiger charge is -1.98. The molecule has 0 fully saturated rings. The topological polar surface area (TPSA) is 73.6 Å². The molecule has 1 aromatic heterocycles. The molecule has 0 aliphatic carbocycles. The summed E-state index contributed by atoms with van der Waals surface area (Å²) in [6.07, 6.45) is 1.69. The van der Waals surface area contributed by atoms with Gasteiger partial charge in [0, 0.05) is 5.39 Å². The first-order chi connectivity index (χ1) is 8.90. The molecule has 0 spiro atoms. The van der Waals surface area contributed by atoms with Crippen molar-refractivity contribution in [1.82, 2.24) is 0 Å². The Balaban J connectivity index is 2.28. The van der Waals surface area contributed by atoms with Crippen LogP contribution in [0.5, 0.6) is 0 Å². The summed E-state index contributed by atoms with van der Waals surface area (Å²) in [4.78, 5) is 11.8. The lowest BCUT2D eigenvalue weighted by Crippen LogP contribution is -2.12. The lowest BCUT2D eigenvalue weighted by atomic mass is 10.1. The highest BCUT2D eigenvalue weighted by Gasteiger charge is 2.16. The van der Waals surface area contributed by atoms with Crippen molar-refractivity contribution in [3.63, 3.8) is 0 Å². The quantitative estimate of drug-likeness (QED) is 0.620. The molecule has 1 aromatic carbocycles. The van der Waals surface area contributed by atoms with Gasteiger partial charge in [-0.3, -0.25) is 8.98 Å². The van der Waals surface area contributed by atoms with Crippen LogP contribution in [0.4, 0.5) is 0 Å². The average Bonchev–Trinajstić information content (AvgIpc) is 2.78. The predicted octanol–water partition coefficient (Wildman–Crippen LogP) is 2.15. The molecule has 2 rings (SSSR count). The van der Waals surface area contributed by atoms with Gasteiger partial charge in [-0.25, -0.2) is 0 Å². The minimum absolute atomic E-state index is 0.111. The van der Waals surface area contributed by atoms with Crippen molar-refractivity contribution in [2.24, 2.45) is 0 Å². The maximum atomic E-state index is 11.8. The summed E-state index contributed by atoms with van der Waals surface area (Å²) in [5.74, 6) is -0.386. The van der Waals surface area contributed by atoms with E-state index >= 15 is 0 Å². The first kappa shape index (κ1) is 13.8. The summed E-state index contributed by atoms with van der Waals surface area (Å²) in [7, 11) is -3.63. The summed E-state index contributed by atoms with van der Waals surface area (Å²) in [5.41, 5.74) is 1.66. The molecule has 0 N–H and O–H groups in total. The number of carbonyl (C=O) groups is 1. The first-order valence-corrected chi connectivity index (χ1v) is 7.61. The van der Waals surface area contributed by atoms with E-state index < -0.39 is 22.5 Å². The van der Waals surface area contributed by atoms with Crippen LogP contribution >= 0.6 is 0 Å². The zero-order valence-electron chi connectivity index (χ0n) is 10.7. The van der Waals surface area contributed by atoms with Gasteiger partial charge < -0.3 is 4.42 Å². The van der Waals surface area contributed by atoms with Gasteiger partial charge in [-0.15, -0.1) is 0 Å². The second kappa shape index (κ2) is 5.14. The molecule has 102 valence electrons. The molecule has 0 aliphatic heterocycles. The number of Topliss-reactive ketones (excluding diaryl/α,β-unsaturated/α-hetero) is 1. The third kappa shape index (κ3) is 3.21. The van der Waals surface area contributed by atoms with E-state index in [2.05, 4.69) is 4.18 Å². The molecule has 0 bridgehead atoms. The van der Waals surface area contributed by atoms with Crippen LogP contribution < -0.4 is 0 Å². The highest BCUT2D eigenvalue weighted by molar-refractivity contribution is 7.86. The summed E-state index contributed by atoms with van der Waals surface area (Å²) < 4.78 is 31.6. The smallest absolute Gasteiger partial charge is 0.264 e. The molecule has 0 amide bonds. The predicted molar refractivity (Wildman–Crippen MR) is 70.7 cm³/mol. The van der Waals surface area contributed by atoms with Gasteiger partial charge in [0.25, 0.3) is 10.1 Å². The number of hydrogen-bond donors (Lipinski definition) is 0. The van der Waals surface area contributed by atoms with Crippen LogP contribution in [0, 0.1) is 0 Å². The third-order valence-corrected chi connectivity index (χ3v) is 3.23. The van der Waals surface area contributed by atoms with Gasteiger partial charge in [-0.1, -0.05) is 25.1 Å². The largest absolute Gasteiger partial charge is 0.453 e.